The van der Waals surface area contributed by atoms with E-state index in [0.717, 1.165) is 74.1 Å². The van der Waals surface area contributed by atoms with Crippen LogP contribution in [-0.4, -0.2) is 73.4 Å². The van der Waals surface area contributed by atoms with Crippen molar-refractivity contribution in [2.45, 2.75) is 57.9 Å². The molecule has 3 rings (SSSR count). The van der Waals surface area contributed by atoms with Gasteiger partial charge >= 0.3 is 5.97 Å². The Balaban J connectivity index is 1.42. The molecule has 0 fully saturated rings. The molecule has 3 heterocycles. The van der Waals surface area contributed by atoms with Crippen molar-refractivity contribution in [1.29, 1.82) is 0 Å². The number of rotatable bonds is 20. The molecule has 0 saturated carbocycles. The van der Waals surface area contributed by atoms with Crippen LogP contribution in [0.1, 0.15) is 55.3 Å². The third-order valence-electron chi connectivity index (χ3n) is 6.66. The molecule has 0 saturated heterocycles. The van der Waals surface area contributed by atoms with Gasteiger partial charge in [0, 0.05) is 37.6 Å². The first-order chi connectivity index (χ1) is 19.6. The lowest BCUT2D eigenvalue weighted by Crippen LogP contribution is -2.22. The average Bonchev–Trinajstić information content (AvgIpc) is 2.96. The fraction of sp³-hybridized carbons (Fsp3) is 0.567. The van der Waals surface area contributed by atoms with E-state index in [0.29, 0.717) is 52.7 Å². The summed E-state index contributed by atoms with van der Waals surface area (Å²) in [7, 11) is 0. The van der Waals surface area contributed by atoms with Crippen LogP contribution in [0.2, 0.25) is 0 Å². The lowest BCUT2D eigenvalue weighted by Gasteiger charge is -2.17. The second kappa shape index (κ2) is 18.3. The minimum absolute atomic E-state index is 0.0902. The standard InChI is InChI=1S/C30H44N4O6/c31-13-16-38-18-20-40-21-19-39-17-15-34-23-26(10-12-28(34)35)25(22-29(36)37)6-3-1-2-4-8-27-11-9-24-7-5-14-32-30(24)33-27/h6,9-12,23H,1-5,7-8,13-22,31H2,(H,32,33)(H,36,37)/b25-6-. The fourth-order valence-corrected chi connectivity index (χ4v) is 4.55. The molecule has 0 unspecified atom stereocenters. The van der Waals surface area contributed by atoms with Gasteiger partial charge in [0.15, 0.2) is 0 Å². The van der Waals surface area contributed by atoms with Crippen LogP contribution in [-0.2, 0) is 38.4 Å². The number of aliphatic carboxylic acids is 1. The first-order valence-corrected chi connectivity index (χ1v) is 14.3. The van der Waals surface area contributed by atoms with Gasteiger partial charge in [-0.15, -0.1) is 0 Å². The number of allylic oxidation sites excluding steroid dienone is 1. The number of hydrogen-bond donors (Lipinski definition) is 3. The normalized spacial score (nSPS) is 13.2. The zero-order valence-electron chi connectivity index (χ0n) is 23.4. The highest BCUT2D eigenvalue weighted by Gasteiger charge is 2.11. The molecule has 0 atom stereocenters. The molecule has 0 aliphatic carbocycles. The van der Waals surface area contributed by atoms with Gasteiger partial charge in [0.1, 0.15) is 5.82 Å². The highest BCUT2D eigenvalue weighted by molar-refractivity contribution is 5.83. The highest BCUT2D eigenvalue weighted by Crippen LogP contribution is 2.21. The van der Waals surface area contributed by atoms with E-state index in [4.69, 9.17) is 24.9 Å². The van der Waals surface area contributed by atoms with E-state index >= 15 is 0 Å². The molecule has 40 heavy (non-hydrogen) atoms. The summed E-state index contributed by atoms with van der Waals surface area (Å²) in [5.41, 5.74) is 9.08. The summed E-state index contributed by atoms with van der Waals surface area (Å²) in [5, 5.41) is 12.8. The number of aromatic nitrogens is 2. The van der Waals surface area contributed by atoms with Crippen LogP contribution in [0.3, 0.4) is 0 Å². The minimum Gasteiger partial charge on any atom is -0.481 e. The highest BCUT2D eigenvalue weighted by atomic mass is 16.5. The van der Waals surface area contributed by atoms with E-state index < -0.39 is 5.97 Å². The van der Waals surface area contributed by atoms with Crippen molar-refractivity contribution in [1.82, 2.24) is 9.55 Å². The molecule has 2 aromatic rings. The zero-order valence-corrected chi connectivity index (χ0v) is 23.4. The maximum atomic E-state index is 12.4. The summed E-state index contributed by atoms with van der Waals surface area (Å²) >= 11 is 0. The number of anilines is 1. The summed E-state index contributed by atoms with van der Waals surface area (Å²) in [5.74, 6) is 0.139. The fourth-order valence-electron chi connectivity index (χ4n) is 4.55. The Kier molecular flexibility index (Phi) is 14.4. The minimum atomic E-state index is -0.896. The predicted octanol–water partition coefficient (Wildman–Crippen LogP) is 3.27. The number of ether oxygens (including phenoxy) is 3. The number of pyridine rings is 2. The molecule has 0 amide bonds. The van der Waals surface area contributed by atoms with E-state index in [2.05, 4.69) is 17.4 Å². The molecule has 1 aliphatic heterocycles. The van der Waals surface area contributed by atoms with E-state index in [1.165, 1.54) is 11.6 Å². The smallest absolute Gasteiger partial charge is 0.307 e. The number of unbranched alkanes of at least 4 members (excludes halogenated alkanes) is 3. The quantitative estimate of drug-likeness (QED) is 0.210. The summed E-state index contributed by atoms with van der Waals surface area (Å²) in [4.78, 5) is 28.6. The number of hydrogen-bond acceptors (Lipinski definition) is 8. The van der Waals surface area contributed by atoms with Crippen molar-refractivity contribution in [2.75, 3.05) is 58.0 Å². The number of carboxylic acids is 1. The third kappa shape index (κ3) is 11.6. The Morgan fingerprint density at radius 2 is 1.80 bits per heavy atom. The maximum absolute atomic E-state index is 12.4. The van der Waals surface area contributed by atoms with Crippen LogP contribution in [0.15, 0.2) is 41.3 Å². The van der Waals surface area contributed by atoms with Crippen LogP contribution in [0.5, 0.6) is 0 Å². The number of nitrogens with two attached hydrogens (primary N) is 1. The lowest BCUT2D eigenvalue weighted by molar-refractivity contribution is -0.135. The van der Waals surface area contributed by atoms with E-state index in [-0.39, 0.29) is 12.0 Å². The maximum Gasteiger partial charge on any atom is 0.307 e. The van der Waals surface area contributed by atoms with Crippen LogP contribution in [0, 0.1) is 0 Å². The van der Waals surface area contributed by atoms with Crippen molar-refractivity contribution in [3.8, 4) is 0 Å². The molecule has 4 N–H and O–H groups in total. The third-order valence-corrected chi connectivity index (χ3v) is 6.66. The van der Waals surface area contributed by atoms with Crippen molar-refractivity contribution in [2.24, 2.45) is 5.73 Å². The lowest BCUT2D eigenvalue weighted by atomic mass is 10.0. The number of carbonyl (C=O) groups is 1. The number of nitrogens with one attached hydrogen (secondary N) is 1. The summed E-state index contributed by atoms with van der Waals surface area (Å²) in [6.07, 6.45) is 10.6. The summed E-state index contributed by atoms with van der Waals surface area (Å²) < 4.78 is 17.8. The van der Waals surface area contributed by atoms with Gasteiger partial charge in [-0.2, -0.15) is 0 Å². The SMILES string of the molecule is NCCOCCOCCOCCn1cc(/C(=C\CCCCCc2ccc3c(n2)NCCC3)CC(=O)O)ccc1=O. The molecule has 10 nitrogen and oxygen atoms in total. The van der Waals surface area contributed by atoms with Gasteiger partial charge in [-0.05, 0) is 67.4 Å². The molecule has 1 aliphatic rings. The number of aryl methyl sites for hydroxylation is 2. The molecule has 10 heteroatoms. The van der Waals surface area contributed by atoms with E-state index in [9.17, 15) is 14.7 Å². The summed E-state index contributed by atoms with van der Waals surface area (Å²) in [6.45, 7) is 4.55. The van der Waals surface area contributed by atoms with Crippen LogP contribution in [0.4, 0.5) is 5.82 Å². The zero-order chi connectivity index (χ0) is 28.4. The van der Waals surface area contributed by atoms with Crippen molar-refractivity contribution >= 4 is 17.4 Å². The summed E-state index contributed by atoms with van der Waals surface area (Å²) in [6, 6.07) is 7.50. The van der Waals surface area contributed by atoms with Crippen LogP contribution in [0.25, 0.3) is 5.57 Å². The monoisotopic (exact) mass is 556 g/mol. The molecular weight excluding hydrogens is 512 g/mol. The molecule has 0 bridgehead atoms. The van der Waals surface area contributed by atoms with Crippen molar-refractivity contribution < 1.29 is 24.1 Å². The first kappa shape index (κ1) is 31.5. The second-order valence-corrected chi connectivity index (χ2v) is 9.82. The number of nitrogens with zero attached hydrogens (tertiary/aromatic N) is 2. The van der Waals surface area contributed by atoms with E-state index in [1.807, 2.05) is 6.08 Å². The van der Waals surface area contributed by atoms with Gasteiger partial charge in [0.2, 0.25) is 0 Å². The Morgan fingerprint density at radius 3 is 2.58 bits per heavy atom. The van der Waals surface area contributed by atoms with Crippen LogP contribution < -0.4 is 16.6 Å². The Bertz CT molecular complexity index is 1130. The Morgan fingerprint density at radius 1 is 1.02 bits per heavy atom. The molecule has 0 spiro atoms. The molecule has 0 radical (unpaired) electrons. The topological polar surface area (TPSA) is 138 Å². The van der Waals surface area contributed by atoms with Gasteiger partial charge in [0.25, 0.3) is 5.56 Å². The first-order valence-electron chi connectivity index (χ1n) is 14.3. The van der Waals surface area contributed by atoms with Crippen molar-refractivity contribution in [3.05, 3.63) is 63.7 Å². The number of carboxylic acid groups (broad SMARTS) is 1. The average molecular weight is 557 g/mol. The van der Waals surface area contributed by atoms with Gasteiger partial charge in [0.05, 0.1) is 46.1 Å². The molecule has 0 aromatic carbocycles. The van der Waals surface area contributed by atoms with Gasteiger partial charge in [-0.1, -0.05) is 18.6 Å². The van der Waals surface area contributed by atoms with Gasteiger partial charge < -0.3 is 34.9 Å². The Hall–Kier alpha value is -3.05. The molecular formula is C30H44N4O6. The second-order valence-electron chi connectivity index (χ2n) is 9.82. The van der Waals surface area contributed by atoms with Crippen molar-refractivity contribution in [3.63, 3.8) is 0 Å². The van der Waals surface area contributed by atoms with Crippen LogP contribution >= 0.6 is 0 Å². The Labute approximate surface area is 236 Å². The van der Waals surface area contributed by atoms with Gasteiger partial charge in [-0.3, -0.25) is 9.59 Å². The van der Waals surface area contributed by atoms with Gasteiger partial charge in [-0.25, -0.2) is 4.98 Å². The number of fused-ring (bicyclic) bond motifs is 1. The predicted molar refractivity (Wildman–Crippen MR) is 156 cm³/mol. The van der Waals surface area contributed by atoms with E-state index in [1.54, 1.807) is 16.8 Å². The largest absolute Gasteiger partial charge is 0.481 e. The molecule has 2 aromatic heterocycles. The molecule has 220 valence electrons.